The lowest BCUT2D eigenvalue weighted by atomic mass is 10.1. The quantitative estimate of drug-likeness (QED) is 0.774. The van der Waals surface area contributed by atoms with Gasteiger partial charge in [-0.1, -0.05) is 12.8 Å². The summed E-state index contributed by atoms with van der Waals surface area (Å²) in [5, 5.41) is 14.4. The van der Waals surface area contributed by atoms with Gasteiger partial charge in [0.1, 0.15) is 6.26 Å². The van der Waals surface area contributed by atoms with Crippen molar-refractivity contribution in [2.75, 3.05) is 5.32 Å². The first-order valence-corrected chi connectivity index (χ1v) is 8.07. The molecule has 0 unspecified atom stereocenters. The van der Waals surface area contributed by atoms with E-state index in [4.69, 9.17) is 9.52 Å². The highest BCUT2D eigenvalue weighted by molar-refractivity contribution is 6.04. The van der Waals surface area contributed by atoms with Crippen LogP contribution >= 0.6 is 0 Å². The highest BCUT2D eigenvalue weighted by Crippen LogP contribution is 2.19. The Hall–Kier alpha value is -3.09. The van der Waals surface area contributed by atoms with E-state index in [1.165, 1.54) is 0 Å². The Morgan fingerprint density at radius 3 is 2.28 bits per heavy atom. The molecule has 1 aromatic carbocycles. The molecule has 3 N–H and O–H groups in total. The van der Waals surface area contributed by atoms with Crippen LogP contribution in [0.2, 0.25) is 0 Å². The summed E-state index contributed by atoms with van der Waals surface area (Å²) >= 11 is 0. The van der Waals surface area contributed by atoms with Crippen LogP contribution in [0, 0.1) is 0 Å². The number of carboxylic acid groups (broad SMARTS) is 1. The van der Waals surface area contributed by atoms with E-state index < -0.39 is 11.9 Å². The summed E-state index contributed by atoms with van der Waals surface area (Å²) in [4.78, 5) is 35.0. The first kappa shape index (κ1) is 16.8. The summed E-state index contributed by atoms with van der Waals surface area (Å²) in [6.07, 6.45) is 5.33. The van der Waals surface area contributed by atoms with Gasteiger partial charge in [-0.25, -0.2) is 4.79 Å². The normalized spacial score (nSPS) is 14.2. The summed E-state index contributed by atoms with van der Waals surface area (Å²) < 4.78 is 4.94. The molecule has 1 fully saturated rings. The zero-order valence-electron chi connectivity index (χ0n) is 13.5. The molecular weight excluding hydrogens is 324 g/mol. The van der Waals surface area contributed by atoms with Crippen molar-refractivity contribution >= 4 is 23.5 Å². The summed E-state index contributed by atoms with van der Waals surface area (Å²) in [6, 6.07) is 7.89. The third kappa shape index (κ3) is 4.06. The molecule has 0 aliphatic heterocycles. The van der Waals surface area contributed by atoms with Crippen molar-refractivity contribution in [2.45, 2.75) is 31.7 Å². The molecule has 0 spiro atoms. The fraction of sp³-hybridized carbons (Fsp3) is 0.278. The van der Waals surface area contributed by atoms with E-state index in [9.17, 15) is 14.4 Å². The SMILES string of the molecule is O=C(O)c1coc(C(=O)Nc2ccc(C(=O)NC3CCCC3)cc2)c1. The average Bonchev–Trinajstić information content (AvgIpc) is 3.27. The van der Waals surface area contributed by atoms with Gasteiger partial charge < -0.3 is 20.2 Å². The van der Waals surface area contributed by atoms with Crippen molar-refractivity contribution < 1.29 is 23.9 Å². The van der Waals surface area contributed by atoms with Gasteiger partial charge >= 0.3 is 5.97 Å². The first-order valence-electron chi connectivity index (χ1n) is 8.07. The smallest absolute Gasteiger partial charge is 0.338 e. The molecule has 0 saturated heterocycles. The Labute approximate surface area is 144 Å². The van der Waals surface area contributed by atoms with Gasteiger partial charge in [0.25, 0.3) is 11.8 Å². The van der Waals surface area contributed by atoms with Gasteiger partial charge in [0.15, 0.2) is 5.76 Å². The van der Waals surface area contributed by atoms with Crippen molar-refractivity contribution in [3.8, 4) is 0 Å². The predicted octanol–water partition coefficient (Wildman–Crippen LogP) is 2.90. The predicted molar refractivity (Wildman–Crippen MR) is 89.8 cm³/mol. The average molecular weight is 342 g/mol. The molecule has 0 bridgehead atoms. The van der Waals surface area contributed by atoms with Gasteiger partial charge in [-0.3, -0.25) is 9.59 Å². The van der Waals surface area contributed by atoms with Gasteiger partial charge in [0.05, 0.1) is 5.56 Å². The Morgan fingerprint density at radius 1 is 1.00 bits per heavy atom. The Bertz CT molecular complexity index is 788. The molecule has 2 aromatic rings. The second-order valence-corrected chi connectivity index (χ2v) is 5.99. The van der Waals surface area contributed by atoms with Gasteiger partial charge in [0, 0.05) is 23.4 Å². The van der Waals surface area contributed by atoms with Gasteiger partial charge in [0.2, 0.25) is 0 Å². The number of carbonyl (C=O) groups is 3. The van der Waals surface area contributed by atoms with Gasteiger partial charge in [-0.2, -0.15) is 0 Å². The van der Waals surface area contributed by atoms with E-state index in [2.05, 4.69) is 10.6 Å². The van der Waals surface area contributed by atoms with Crippen LogP contribution in [0.3, 0.4) is 0 Å². The lowest BCUT2D eigenvalue weighted by Gasteiger charge is -2.12. The molecule has 0 atom stereocenters. The number of hydrogen-bond donors (Lipinski definition) is 3. The molecule has 1 saturated carbocycles. The molecule has 2 amide bonds. The van der Waals surface area contributed by atoms with Crippen LogP contribution in [0.4, 0.5) is 5.69 Å². The van der Waals surface area contributed by atoms with E-state index in [0.29, 0.717) is 11.3 Å². The van der Waals surface area contributed by atoms with Crippen molar-refractivity contribution in [1.82, 2.24) is 5.32 Å². The molecule has 0 radical (unpaired) electrons. The first-order chi connectivity index (χ1) is 12.0. The van der Waals surface area contributed by atoms with Crippen LogP contribution in [-0.4, -0.2) is 28.9 Å². The number of rotatable bonds is 5. The minimum Gasteiger partial charge on any atom is -0.478 e. The lowest BCUT2D eigenvalue weighted by Crippen LogP contribution is -2.32. The second kappa shape index (κ2) is 7.21. The van der Waals surface area contributed by atoms with Crippen molar-refractivity contribution in [3.63, 3.8) is 0 Å². The van der Waals surface area contributed by atoms with Crippen molar-refractivity contribution in [2.24, 2.45) is 0 Å². The Balaban J connectivity index is 1.60. The maximum atomic E-state index is 12.2. The van der Waals surface area contributed by atoms with Crippen LogP contribution in [0.15, 0.2) is 41.0 Å². The highest BCUT2D eigenvalue weighted by atomic mass is 16.4. The lowest BCUT2D eigenvalue weighted by molar-refractivity contribution is 0.0695. The molecule has 130 valence electrons. The Morgan fingerprint density at radius 2 is 1.68 bits per heavy atom. The topological polar surface area (TPSA) is 109 Å². The molecule has 7 heteroatoms. The van der Waals surface area contributed by atoms with Crippen LogP contribution in [-0.2, 0) is 0 Å². The number of hydrogen-bond acceptors (Lipinski definition) is 4. The monoisotopic (exact) mass is 342 g/mol. The number of carbonyl (C=O) groups excluding carboxylic acids is 2. The third-order valence-corrected chi connectivity index (χ3v) is 4.17. The van der Waals surface area contributed by atoms with Crippen molar-refractivity contribution in [1.29, 1.82) is 0 Å². The van der Waals surface area contributed by atoms with Crippen LogP contribution < -0.4 is 10.6 Å². The van der Waals surface area contributed by atoms with E-state index in [0.717, 1.165) is 38.0 Å². The largest absolute Gasteiger partial charge is 0.478 e. The molecule has 25 heavy (non-hydrogen) atoms. The summed E-state index contributed by atoms with van der Waals surface area (Å²) in [5.41, 5.74) is 0.913. The molecule has 1 aliphatic carbocycles. The zero-order chi connectivity index (χ0) is 17.8. The Kier molecular flexibility index (Phi) is 4.83. The second-order valence-electron chi connectivity index (χ2n) is 5.99. The minimum absolute atomic E-state index is 0.0934. The zero-order valence-corrected chi connectivity index (χ0v) is 13.5. The number of benzene rings is 1. The van der Waals surface area contributed by atoms with Crippen LogP contribution in [0.5, 0.6) is 0 Å². The molecule has 3 rings (SSSR count). The third-order valence-electron chi connectivity index (χ3n) is 4.17. The number of nitrogens with one attached hydrogen (secondary N) is 2. The van der Waals surface area contributed by atoms with Crippen molar-refractivity contribution in [3.05, 3.63) is 53.5 Å². The standard InChI is InChI=1S/C18H18N2O5/c21-16(19-13-3-1-2-4-13)11-5-7-14(8-6-11)20-17(22)15-9-12(10-25-15)18(23)24/h5-10,13H,1-4H2,(H,19,21)(H,20,22)(H,23,24). The minimum atomic E-state index is -1.17. The van der Waals surface area contributed by atoms with E-state index >= 15 is 0 Å². The summed E-state index contributed by atoms with van der Waals surface area (Å²) in [7, 11) is 0. The highest BCUT2D eigenvalue weighted by Gasteiger charge is 2.18. The summed E-state index contributed by atoms with van der Waals surface area (Å²) in [5.74, 6) is -1.95. The van der Waals surface area contributed by atoms with Gasteiger partial charge in [-0.05, 0) is 37.1 Å². The van der Waals surface area contributed by atoms with Crippen LogP contribution in [0.25, 0.3) is 0 Å². The van der Waals surface area contributed by atoms with Crippen LogP contribution in [0.1, 0.15) is 57.0 Å². The molecule has 1 aliphatic rings. The number of anilines is 1. The number of carboxylic acids is 1. The van der Waals surface area contributed by atoms with E-state index in [-0.39, 0.29) is 23.3 Å². The number of amides is 2. The number of furan rings is 1. The van der Waals surface area contributed by atoms with E-state index in [1.54, 1.807) is 24.3 Å². The van der Waals surface area contributed by atoms with Gasteiger partial charge in [-0.15, -0.1) is 0 Å². The maximum Gasteiger partial charge on any atom is 0.338 e. The molecule has 1 aromatic heterocycles. The number of aromatic carboxylic acids is 1. The maximum absolute atomic E-state index is 12.2. The fourth-order valence-corrected chi connectivity index (χ4v) is 2.80. The fourth-order valence-electron chi connectivity index (χ4n) is 2.80. The van der Waals surface area contributed by atoms with E-state index in [1.807, 2.05) is 0 Å². The molecule has 7 nitrogen and oxygen atoms in total. The summed E-state index contributed by atoms with van der Waals surface area (Å²) in [6.45, 7) is 0. The molecule has 1 heterocycles. The molecular formula is C18H18N2O5.